The standard InChI is InChI=1S/C10H12O2S/c1-2-3-8-4-5-9(13-8)6-7-10(11)12/h2-5H,6-7H2,1H3,(H,11,12). The number of carbonyl (C=O) groups is 1. The van der Waals surface area contributed by atoms with Crippen LogP contribution in [-0.4, -0.2) is 11.1 Å². The third kappa shape index (κ3) is 3.42. The summed E-state index contributed by atoms with van der Waals surface area (Å²) in [6, 6.07) is 4.00. The molecule has 13 heavy (non-hydrogen) atoms. The monoisotopic (exact) mass is 196 g/mol. The average molecular weight is 196 g/mol. The smallest absolute Gasteiger partial charge is 0.303 e. The maximum Gasteiger partial charge on any atom is 0.303 e. The number of carboxylic acid groups (broad SMARTS) is 1. The highest BCUT2D eigenvalue weighted by molar-refractivity contribution is 7.12. The predicted molar refractivity (Wildman–Crippen MR) is 55.0 cm³/mol. The molecule has 0 fully saturated rings. The minimum Gasteiger partial charge on any atom is -0.481 e. The van der Waals surface area contributed by atoms with Crippen molar-refractivity contribution in [1.82, 2.24) is 0 Å². The maximum absolute atomic E-state index is 10.3. The highest BCUT2D eigenvalue weighted by Crippen LogP contribution is 2.19. The Morgan fingerprint density at radius 1 is 1.62 bits per heavy atom. The van der Waals surface area contributed by atoms with Crippen LogP contribution < -0.4 is 0 Å². The minimum atomic E-state index is -0.735. The second kappa shape index (κ2) is 4.82. The molecule has 1 N–H and O–H groups in total. The van der Waals surface area contributed by atoms with Gasteiger partial charge in [-0.05, 0) is 31.6 Å². The van der Waals surface area contributed by atoms with E-state index in [9.17, 15) is 4.79 Å². The van der Waals surface area contributed by atoms with E-state index in [4.69, 9.17) is 5.11 Å². The molecule has 0 saturated carbocycles. The van der Waals surface area contributed by atoms with E-state index in [0.29, 0.717) is 6.42 Å². The van der Waals surface area contributed by atoms with E-state index < -0.39 is 5.97 Å². The van der Waals surface area contributed by atoms with Crippen molar-refractivity contribution in [3.05, 3.63) is 28.0 Å². The van der Waals surface area contributed by atoms with Crippen LogP contribution in [0.25, 0.3) is 6.08 Å². The van der Waals surface area contributed by atoms with Gasteiger partial charge in [0.15, 0.2) is 0 Å². The number of aryl methyl sites for hydroxylation is 1. The summed E-state index contributed by atoms with van der Waals surface area (Å²) < 4.78 is 0. The third-order valence-electron chi connectivity index (χ3n) is 1.60. The molecule has 1 aromatic rings. The van der Waals surface area contributed by atoms with Crippen LogP contribution in [-0.2, 0) is 11.2 Å². The Bertz CT molecular complexity index is 312. The minimum absolute atomic E-state index is 0.218. The number of aliphatic carboxylic acids is 1. The average Bonchev–Trinajstić information content (AvgIpc) is 2.50. The molecule has 0 aliphatic heterocycles. The number of thiophene rings is 1. The number of allylic oxidation sites excluding steroid dienone is 1. The van der Waals surface area contributed by atoms with Crippen molar-refractivity contribution in [2.24, 2.45) is 0 Å². The molecule has 0 spiro atoms. The van der Waals surface area contributed by atoms with Crippen LogP contribution in [0, 0.1) is 0 Å². The van der Waals surface area contributed by atoms with E-state index in [1.165, 1.54) is 4.88 Å². The summed E-state index contributed by atoms with van der Waals surface area (Å²) in [5.41, 5.74) is 0. The van der Waals surface area contributed by atoms with E-state index in [1.807, 2.05) is 31.2 Å². The van der Waals surface area contributed by atoms with Gasteiger partial charge in [0, 0.05) is 9.75 Å². The van der Waals surface area contributed by atoms with Crippen molar-refractivity contribution in [3.63, 3.8) is 0 Å². The second-order valence-corrected chi connectivity index (χ2v) is 3.90. The van der Waals surface area contributed by atoms with Gasteiger partial charge in [-0.3, -0.25) is 4.79 Å². The van der Waals surface area contributed by atoms with Crippen LogP contribution in [0.4, 0.5) is 0 Å². The summed E-state index contributed by atoms with van der Waals surface area (Å²) in [6.07, 6.45) is 4.86. The molecule has 0 unspecified atom stereocenters. The van der Waals surface area contributed by atoms with Crippen LogP contribution in [0.15, 0.2) is 18.2 Å². The summed E-state index contributed by atoms with van der Waals surface area (Å²) >= 11 is 1.65. The summed E-state index contributed by atoms with van der Waals surface area (Å²) in [7, 11) is 0. The summed E-state index contributed by atoms with van der Waals surface area (Å²) in [5.74, 6) is -0.735. The first-order valence-corrected chi connectivity index (χ1v) is 4.97. The third-order valence-corrected chi connectivity index (χ3v) is 2.71. The quantitative estimate of drug-likeness (QED) is 0.804. The number of hydrogen-bond donors (Lipinski definition) is 1. The molecule has 0 aliphatic carbocycles. The van der Waals surface area contributed by atoms with E-state index in [1.54, 1.807) is 11.3 Å². The zero-order chi connectivity index (χ0) is 9.68. The Morgan fingerprint density at radius 2 is 2.38 bits per heavy atom. The van der Waals surface area contributed by atoms with Crippen molar-refractivity contribution in [2.75, 3.05) is 0 Å². The number of rotatable bonds is 4. The molecule has 0 aliphatic rings. The second-order valence-electron chi connectivity index (χ2n) is 2.70. The van der Waals surface area contributed by atoms with Crippen LogP contribution in [0.2, 0.25) is 0 Å². The number of hydrogen-bond acceptors (Lipinski definition) is 2. The molecule has 0 saturated heterocycles. The maximum atomic E-state index is 10.3. The lowest BCUT2D eigenvalue weighted by molar-refractivity contribution is -0.136. The highest BCUT2D eigenvalue weighted by atomic mass is 32.1. The molecule has 1 rings (SSSR count). The normalized spacial score (nSPS) is 10.8. The molecular formula is C10H12O2S. The van der Waals surface area contributed by atoms with E-state index in [2.05, 4.69) is 0 Å². The SMILES string of the molecule is CC=Cc1ccc(CCC(=O)O)s1. The first kappa shape index (κ1) is 9.99. The van der Waals surface area contributed by atoms with Gasteiger partial charge < -0.3 is 5.11 Å². The van der Waals surface area contributed by atoms with Crippen molar-refractivity contribution in [3.8, 4) is 0 Å². The summed E-state index contributed by atoms with van der Waals surface area (Å²) in [4.78, 5) is 12.6. The molecule has 2 nitrogen and oxygen atoms in total. The lowest BCUT2D eigenvalue weighted by Gasteiger charge is -1.90. The van der Waals surface area contributed by atoms with Crippen molar-refractivity contribution < 1.29 is 9.90 Å². The zero-order valence-electron chi connectivity index (χ0n) is 7.49. The summed E-state index contributed by atoms with van der Waals surface area (Å²) in [6.45, 7) is 1.97. The molecule has 70 valence electrons. The van der Waals surface area contributed by atoms with Gasteiger partial charge in [0.05, 0.1) is 6.42 Å². The Morgan fingerprint density at radius 3 is 3.00 bits per heavy atom. The fraction of sp³-hybridized carbons (Fsp3) is 0.300. The van der Waals surface area contributed by atoms with Gasteiger partial charge in [-0.15, -0.1) is 11.3 Å². The molecule has 1 heterocycles. The van der Waals surface area contributed by atoms with Crippen LogP contribution in [0.5, 0.6) is 0 Å². The molecule has 0 atom stereocenters. The topological polar surface area (TPSA) is 37.3 Å². The number of carboxylic acids is 1. The van der Waals surface area contributed by atoms with E-state index in [0.717, 1.165) is 4.88 Å². The van der Waals surface area contributed by atoms with Crippen molar-refractivity contribution in [2.45, 2.75) is 19.8 Å². The summed E-state index contributed by atoms with van der Waals surface area (Å²) in [5, 5.41) is 8.48. The van der Waals surface area contributed by atoms with Crippen molar-refractivity contribution >= 4 is 23.4 Å². The van der Waals surface area contributed by atoms with Gasteiger partial charge in [0.25, 0.3) is 0 Å². The van der Waals surface area contributed by atoms with Gasteiger partial charge in [-0.1, -0.05) is 6.08 Å². The van der Waals surface area contributed by atoms with Gasteiger partial charge in [-0.25, -0.2) is 0 Å². The Labute approximate surface area is 81.5 Å². The molecule has 0 amide bonds. The Balaban J connectivity index is 2.53. The molecular weight excluding hydrogens is 184 g/mol. The van der Waals surface area contributed by atoms with Gasteiger partial charge in [0.2, 0.25) is 0 Å². The van der Waals surface area contributed by atoms with Crippen LogP contribution >= 0.6 is 11.3 Å². The Hall–Kier alpha value is -1.09. The van der Waals surface area contributed by atoms with Crippen LogP contribution in [0.3, 0.4) is 0 Å². The molecule has 0 radical (unpaired) electrons. The molecule has 3 heteroatoms. The largest absolute Gasteiger partial charge is 0.481 e. The van der Waals surface area contributed by atoms with Crippen molar-refractivity contribution in [1.29, 1.82) is 0 Å². The molecule has 0 bridgehead atoms. The fourth-order valence-electron chi connectivity index (χ4n) is 1.01. The predicted octanol–water partition coefficient (Wildman–Crippen LogP) is 2.80. The van der Waals surface area contributed by atoms with Gasteiger partial charge >= 0.3 is 5.97 Å². The van der Waals surface area contributed by atoms with E-state index >= 15 is 0 Å². The first-order chi connectivity index (χ1) is 6.22. The van der Waals surface area contributed by atoms with E-state index in [-0.39, 0.29) is 6.42 Å². The van der Waals surface area contributed by atoms with Crippen LogP contribution in [0.1, 0.15) is 23.1 Å². The zero-order valence-corrected chi connectivity index (χ0v) is 8.30. The molecule has 0 aromatic carbocycles. The van der Waals surface area contributed by atoms with Gasteiger partial charge in [0.1, 0.15) is 0 Å². The first-order valence-electron chi connectivity index (χ1n) is 4.15. The highest BCUT2D eigenvalue weighted by Gasteiger charge is 2.01. The lowest BCUT2D eigenvalue weighted by Crippen LogP contribution is -1.95. The molecule has 1 aromatic heterocycles. The Kier molecular flexibility index (Phi) is 3.71. The van der Waals surface area contributed by atoms with Gasteiger partial charge in [-0.2, -0.15) is 0 Å². The lowest BCUT2D eigenvalue weighted by atomic mass is 10.2. The fourth-order valence-corrected chi connectivity index (χ4v) is 2.00.